The Kier molecular flexibility index (Phi) is 7.77. The first-order chi connectivity index (χ1) is 8.26. The molecule has 0 aliphatic heterocycles. The Morgan fingerprint density at radius 2 is 1.82 bits per heavy atom. The van der Waals surface area contributed by atoms with Crippen molar-refractivity contribution in [2.75, 3.05) is 46.6 Å². The normalized spacial score (nSPS) is 16.1. The number of ether oxygens (including phenoxy) is 3. The molecule has 0 aromatic rings. The zero-order chi connectivity index (χ0) is 12.5. The summed E-state index contributed by atoms with van der Waals surface area (Å²) in [6.45, 7) is 8.84. The second-order valence-electron chi connectivity index (χ2n) is 4.62. The molecule has 1 aliphatic rings. The maximum atomic E-state index is 5.61. The third-order valence-electron chi connectivity index (χ3n) is 2.83. The summed E-state index contributed by atoms with van der Waals surface area (Å²) in [5.74, 6) is 0.847. The molecule has 0 aromatic heterocycles. The van der Waals surface area contributed by atoms with Gasteiger partial charge in [-0.2, -0.15) is 0 Å². The van der Waals surface area contributed by atoms with Crippen molar-refractivity contribution in [2.24, 2.45) is 5.92 Å². The lowest BCUT2D eigenvalue weighted by atomic mass is 10.4. The molecule has 1 fully saturated rings. The van der Waals surface area contributed by atoms with Crippen LogP contribution in [-0.2, 0) is 14.2 Å². The van der Waals surface area contributed by atoms with Gasteiger partial charge in [-0.25, -0.2) is 0 Å². The molecule has 0 radical (unpaired) electrons. The van der Waals surface area contributed by atoms with Crippen LogP contribution in [0.3, 0.4) is 0 Å². The van der Waals surface area contributed by atoms with E-state index in [9.17, 15) is 0 Å². The lowest BCUT2D eigenvalue weighted by Gasteiger charge is -2.23. The molecule has 0 aromatic carbocycles. The van der Waals surface area contributed by atoms with Crippen molar-refractivity contribution >= 4 is 0 Å². The van der Waals surface area contributed by atoms with Gasteiger partial charge in [0, 0.05) is 32.9 Å². The van der Waals surface area contributed by atoms with Gasteiger partial charge < -0.3 is 14.2 Å². The van der Waals surface area contributed by atoms with E-state index < -0.39 is 0 Å². The third kappa shape index (κ3) is 7.71. The molecular weight excluding hydrogens is 218 g/mol. The molecule has 1 saturated carbocycles. The van der Waals surface area contributed by atoms with Crippen LogP contribution in [0.15, 0.2) is 0 Å². The van der Waals surface area contributed by atoms with Gasteiger partial charge in [0.2, 0.25) is 0 Å². The molecule has 4 nitrogen and oxygen atoms in total. The average Bonchev–Trinajstić information content (AvgIpc) is 3.09. The van der Waals surface area contributed by atoms with Crippen molar-refractivity contribution in [1.29, 1.82) is 0 Å². The van der Waals surface area contributed by atoms with E-state index in [0.717, 1.165) is 32.2 Å². The summed E-state index contributed by atoms with van der Waals surface area (Å²) in [5.41, 5.74) is 0. The molecular formula is C13H27NO3. The first kappa shape index (κ1) is 14.9. The molecule has 0 amide bonds. The van der Waals surface area contributed by atoms with E-state index in [1.807, 2.05) is 13.8 Å². The van der Waals surface area contributed by atoms with Crippen LogP contribution >= 0.6 is 0 Å². The largest absolute Gasteiger partial charge is 0.380 e. The maximum absolute atomic E-state index is 5.61. The minimum Gasteiger partial charge on any atom is -0.380 e. The molecule has 17 heavy (non-hydrogen) atoms. The number of hydrogen-bond acceptors (Lipinski definition) is 4. The van der Waals surface area contributed by atoms with E-state index in [-0.39, 0.29) is 6.29 Å². The molecule has 0 saturated heterocycles. The number of hydrogen-bond donors (Lipinski definition) is 0. The summed E-state index contributed by atoms with van der Waals surface area (Å²) in [6.07, 6.45) is 2.59. The standard InChI is InChI=1S/C13H27NO3/c1-4-16-13(17-5-2)10-14(3)8-9-15-11-12-6-7-12/h12-13H,4-11H2,1-3H3. The molecule has 1 rings (SSSR count). The summed E-state index contributed by atoms with van der Waals surface area (Å²) in [4.78, 5) is 2.20. The van der Waals surface area contributed by atoms with Crippen LogP contribution in [0.5, 0.6) is 0 Å². The number of nitrogens with zero attached hydrogens (tertiary/aromatic N) is 1. The highest BCUT2D eigenvalue weighted by molar-refractivity contribution is 4.72. The Morgan fingerprint density at radius 3 is 2.35 bits per heavy atom. The minimum atomic E-state index is -0.113. The van der Waals surface area contributed by atoms with Crippen molar-refractivity contribution in [3.63, 3.8) is 0 Å². The van der Waals surface area contributed by atoms with Gasteiger partial charge in [-0.3, -0.25) is 4.90 Å². The smallest absolute Gasteiger partial charge is 0.170 e. The van der Waals surface area contributed by atoms with Gasteiger partial charge >= 0.3 is 0 Å². The molecule has 4 heteroatoms. The Hall–Kier alpha value is -0.160. The Bertz CT molecular complexity index is 180. The molecule has 0 unspecified atom stereocenters. The summed E-state index contributed by atoms with van der Waals surface area (Å²) in [6, 6.07) is 0. The highest BCUT2D eigenvalue weighted by atomic mass is 16.7. The first-order valence-electron chi connectivity index (χ1n) is 6.75. The maximum Gasteiger partial charge on any atom is 0.170 e. The van der Waals surface area contributed by atoms with E-state index >= 15 is 0 Å². The van der Waals surface area contributed by atoms with Crippen LogP contribution in [0, 0.1) is 5.92 Å². The van der Waals surface area contributed by atoms with Crippen molar-refractivity contribution in [2.45, 2.75) is 33.0 Å². The Morgan fingerprint density at radius 1 is 1.18 bits per heavy atom. The van der Waals surface area contributed by atoms with Gasteiger partial charge in [0.1, 0.15) is 0 Å². The zero-order valence-electron chi connectivity index (χ0n) is 11.5. The van der Waals surface area contributed by atoms with Crippen molar-refractivity contribution in [3.05, 3.63) is 0 Å². The SMILES string of the molecule is CCOC(CN(C)CCOCC1CC1)OCC. The monoisotopic (exact) mass is 245 g/mol. The Labute approximate surface area is 105 Å². The van der Waals surface area contributed by atoms with Gasteiger partial charge in [-0.15, -0.1) is 0 Å². The highest BCUT2D eigenvalue weighted by Crippen LogP contribution is 2.28. The van der Waals surface area contributed by atoms with E-state index in [1.165, 1.54) is 12.8 Å². The summed E-state index contributed by atoms with van der Waals surface area (Å²) in [5, 5.41) is 0. The zero-order valence-corrected chi connectivity index (χ0v) is 11.5. The van der Waals surface area contributed by atoms with Gasteiger partial charge in [0.05, 0.1) is 6.61 Å². The predicted molar refractivity (Wildman–Crippen MR) is 68.1 cm³/mol. The summed E-state index contributed by atoms with van der Waals surface area (Å²) >= 11 is 0. The van der Waals surface area contributed by atoms with Crippen LogP contribution in [-0.4, -0.2) is 57.8 Å². The van der Waals surface area contributed by atoms with Gasteiger partial charge in [0.15, 0.2) is 6.29 Å². The van der Waals surface area contributed by atoms with E-state index in [0.29, 0.717) is 13.2 Å². The van der Waals surface area contributed by atoms with Crippen LogP contribution in [0.4, 0.5) is 0 Å². The summed E-state index contributed by atoms with van der Waals surface area (Å²) < 4.78 is 16.6. The molecule has 1 aliphatic carbocycles. The van der Waals surface area contributed by atoms with Crippen LogP contribution in [0.2, 0.25) is 0 Å². The average molecular weight is 245 g/mol. The fourth-order valence-corrected chi connectivity index (χ4v) is 1.63. The fourth-order valence-electron chi connectivity index (χ4n) is 1.63. The topological polar surface area (TPSA) is 30.9 Å². The fraction of sp³-hybridized carbons (Fsp3) is 1.00. The predicted octanol–water partition coefficient (Wildman–Crippen LogP) is 1.74. The van der Waals surface area contributed by atoms with Crippen molar-refractivity contribution < 1.29 is 14.2 Å². The van der Waals surface area contributed by atoms with Gasteiger partial charge in [0.25, 0.3) is 0 Å². The molecule has 0 N–H and O–H groups in total. The van der Waals surface area contributed by atoms with Crippen molar-refractivity contribution in [3.8, 4) is 0 Å². The number of likely N-dealkylation sites (N-methyl/N-ethyl adjacent to an activating group) is 1. The van der Waals surface area contributed by atoms with E-state index in [2.05, 4.69) is 11.9 Å². The number of rotatable bonds is 11. The lowest BCUT2D eigenvalue weighted by Crippen LogP contribution is -2.35. The van der Waals surface area contributed by atoms with Gasteiger partial charge in [-0.05, 0) is 39.7 Å². The van der Waals surface area contributed by atoms with Crippen LogP contribution < -0.4 is 0 Å². The summed E-state index contributed by atoms with van der Waals surface area (Å²) in [7, 11) is 2.07. The Balaban J connectivity index is 2.01. The molecule has 0 atom stereocenters. The van der Waals surface area contributed by atoms with E-state index in [4.69, 9.17) is 14.2 Å². The van der Waals surface area contributed by atoms with E-state index in [1.54, 1.807) is 0 Å². The molecule has 0 heterocycles. The molecule has 0 bridgehead atoms. The van der Waals surface area contributed by atoms with Gasteiger partial charge in [-0.1, -0.05) is 0 Å². The third-order valence-corrected chi connectivity index (χ3v) is 2.83. The highest BCUT2D eigenvalue weighted by Gasteiger charge is 2.21. The molecule has 0 spiro atoms. The first-order valence-corrected chi connectivity index (χ1v) is 6.75. The molecule has 102 valence electrons. The minimum absolute atomic E-state index is 0.113. The quantitative estimate of drug-likeness (QED) is 0.410. The van der Waals surface area contributed by atoms with Crippen LogP contribution in [0.1, 0.15) is 26.7 Å². The lowest BCUT2D eigenvalue weighted by molar-refractivity contribution is -0.145. The second-order valence-corrected chi connectivity index (χ2v) is 4.62. The van der Waals surface area contributed by atoms with Crippen molar-refractivity contribution in [1.82, 2.24) is 4.90 Å². The van der Waals surface area contributed by atoms with Crippen LogP contribution in [0.25, 0.3) is 0 Å². The second kappa shape index (κ2) is 8.86.